The number of halogens is 1. The highest BCUT2D eigenvalue weighted by atomic mass is 35.5. The van der Waals surface area contributed by atoms with Crippen LogP contribution in [-0.4, -0.2) is 43.3 Å². The summed E-state index contributed by atoms with van der Waals surface area (Å²) in [5, 5.41) is 4.37. The molecule has 0 saturated carbocycles. The molecule has 2 aliphatic rings. The molecule has 0 aliphatic carbocycles. The summed E-state index contributed by atoms with van der Waals surface area (Å²) in [6, 6.07) is 1.79. The first kappa shape index (κ1) is 20.0. The van der Waals surface area contributed by atoms with Crippen molar-refractivity contribution in [3.05, 3.63) is 44.7 Å². The van der Waals surface area contributed by atoms with Gasteiger partial charge in [0.2, 0.25) is 5.43 Å². The lowest BCUT2D eigenvalue weighted by Crippen LogP contribution is -2.44. The van der Waals surface area contributed by atoms with E-state index in [1.54, 1.807) is 12.3 Å². The number of rotatable bonds is 5. The Morgan fingerprint density at radius 1 is 1.31 bits per heavy atom. The van der Waals surface area contributed by atoms with Crippen molar-refractivity contribution >= 4 is 40.2 Å². The Bertz CT molecular complexity index is 1040. The van der Waals surface area contributed by atoms with Crippen molar-refractivity contribution in [2.75, 3.05) is 37.7 Å². The number of aromatic nitrogens is 1. The first-order chi connectivity index (χ1) is 14.1. The van der Waals surface area contributed by atoms with E-state index in [2.05, 4.69) is 29.3 Å². The smallest absolute Gasteiger partial charge is 0.343 e. The van der Waals surface area contributed by atoms with Gasteiger partial charge < -0.3 is 19.5 Å². The number of hydrogen-bond acceptors (Lipinski definition) is 5. The average Bonchev–Trinajstić information content (AvgIpc) is 2.74. The average molecular weight is 416 g/mol. The highest BCUT2D eigenvalue weighted by Crippen LogP contribution is 2.40. The van der Waals surface area contributed by atoms with E-state index < -0.39 is 5.97 Å². The summed E-state index contributed by atoms with van der Waals surface area (Å²) in [6.07, 6.45) is 7.42. The Morgan fingerprint density at radius 2 is 2.07 bits per heavy atom. The molecule has 154 valence electrons. The van der Waals surface area contributed by atoms with Gasteiger partial charge in [0.25, 0.3) is 0 Å². The fraction of sp³-hybridized carbons (Fsp3) is 0.455. The summed E-state index contributed by atoms with van der Waals surface area (Å²) in [5.74, 6) is -0.573. The summed E-state index contributed by atoms with van der Waals surface area (Å²) in [7, 11) is 0. The fourth-order valence-electron chi connectivity index (χ4n) is 4.19. The molecule has 0 radical (unpaired) electrons. The molecule has 1 N–H and O–H groups in total. The number of pyridine rings is 1. The van der Waals surface area contributed by atoms with Crippen molar-refractivity contribution in [2.45, 2.75) is 32.7 Å². The number of carbonyl (C=O) groups excluding carboxylic acids is 1. The molecular weight excluding hydrogens is 390 g/mol. The van der Waals surface area contributed by atoms with Crippen LogP contribution in [0, 0.1) is 0 Å². The van der Waals surface area contributed by atoms with Crippen molar-refractivity contribution in [1.82, 2.24) is 9.88 Å². The number of piperazine rings is 1. The minimum absolute atomic E-state index is 0.0663. The number of nitrogens with one attached hydrogen (secondary N) is 1. The van der Waals surface area contributed by atoms with Gasteiger partial charge in [0.15, 0.2) is 0 Å². The number of carbonyl (C=O) groups is 1. The van der Waals surface area contributed by atoms with Crippen LogP contribution in [-0.2, 0) is 4.74 Å². The van der Waals surface area contributed by atoms with Crippen molar-refractivity contribution in [2.24, 2.45) is 0 Å². The molecule has 2 aromatic rings. The highest BCUT2D eigenvalue weighted by Gasteiger charge is 2.27. The van der Waals surface area contributed by atoms with Gasteiger partial charge in [0.05, 0.1) is 28.9 Å². The Labute approximate surface area is 175 Å². The van der Waals surface area contributed by atoms with E-state index in [0.29, 0.717) is 23.4 Å². The van der Waals surface area contributed by atoms with Gasteiger partial charge >= 0.3 is 5.97 Å². The molecule has 1 fully saturated rings. The van der Waals surface area contributed by atoms with Crippen LogP contribution in [0.5, 0.6) is 0 Å². The van der Waals surface area contributed by atoms with E-state index in [1.165, 1.54) is 0 Å². The molecule has 1 aromatic carbocycles. The fourth-order valence-corrected chi connectivity index (χ4v) is 4.52. The minimum atomic E-state index is -0.573. The number of allylic oxidation sites excluding steroid dienone is 1. The van der Waals surface area contributed by atoms with Crippen molar-refractivity contribution < 1.29 is 9.53 Å². The minimum Gasteiger partial charge on any atom is -0.462 e. The molecular formula is C22H26ClN3O3. The maximum absolute atomic E-state index is 13.2. The van der Waals surface area contributed by atoms with E-state index in [-0.39, 0.29) is 17.0 Å². The molecule has 1 aromatic heterocycles. The summed E-state index contributed by atoms with van der Waals surface area (Å²) in [4.78, 5) is 28.0. The second-order valence-electron chi connectivity index (χ2n) is 7.50. The highest BCUT2D eigenvalue weighted by molar-refractivity contribution is 6.35. The van der Waals surface area contributed by atoms with Gasteiger partial charge in [-0.1, -0.05) is 37.6 Å². The van der Waals surface area contributed by atoms with E-state index >= 15 is 0 Å². The van der Waals surface area contributed by atoms with Gasteiger partial charge in [-0.2, -0.15) is 0 Å². The lowest BCUT2D eigenvalue weighted by molar-refractivity contribution is 0.0503. The van der Waals surface area contributed by atoms with Crippen LogP contribution in [0.15, 0.2) is 23.1 Å². The molecule has 3 heterocycles. The lowest BCUT2D eigenvalue weighted by atomic mass is 9.97. The summed E-state index contributed by atoms with van der Waals surface area (Å²) < 4.78 is 7.29. The molecule has 7 heteroatoms. The number of esters is 1. The zero-order chi connectivity index (χ0) is 20.5. The van der Waals surface area contributed by atoms with Crippen LogP contribution in [0.3, 0.4) is 0 Å². The van der Waals surface area contributed by atoms with E-state index in [0.717, 1.165) is 49.4 Å². The standard InChI is InChI=1S/C22H26ClN3O3/c1-3-11-29-22(28)17-13-26-14(4-2)5-6-15-19(26)16(21(17)27)12-18(23)20(15)25-9-7-24-8-10-25/h5-6,12-14,24H,3-4,7-11H2,1-2H3. The van der Waals surface area contributed by atoms with E-state index in [9.17, 15) is 9.59 Å². The van der Waals surface area contributed by atoms with Gasteiger partial charge in [-0.3, -0.25) is 4.79 Å². The van der Waals surface area contributed by atoms with Crippen molar-refractivity contribution in [3.63, 3.8) is 0 Å². The SMILES string of the molecule is CCCOC(=O)c1cn2c3c(c(N4CCNCC4)c(Cl)cc3c1=O)C=CC2CC. The van der Waals surface area contributed by atoms with Gasteiger partial charge in [-0.15, -0.1) is 0 Å². The zero-order valence-electron chi connectivity index (χ0n) is 16.8. The molecule has 1 atom stereocenters. The second-order valence-corrected chi connectivity index (χ2v) is 7.91. The predicted octanol–water partition coefficient (Wildman–Crippen LogP) is 3.61. The van der Waals surface area contributed by atoms with Crippen molar-refractivity contribution in [1.29, 1.82) is 0 Å². The van der Waals surface area contributed by atoms with Gasteiger partial charge in [0.1, 0.15) is 5.56 Å². The maximum Gasteiger partial charge on any atom is 0.343 e. The predicted molar refractivity (Wildman–Crippen MR) is 117 cm³/mol. The molecule has 2 aliphatic heterocycles. The number of hydrogen-bond donors (Lipinski definition) is 1. The normalized spacial score (nSPS) is 18.3. The topological polar surface area (TPSA) is 63.6 Å². The molecule has 4 rings (SSSR count). The molecule has 6 nitrogen and oxygen atoms in total. The van der Waals surface area contributed by atoms with Crippen LogP contribution in [0.2, 0.25) is 5.02 Å². The number of anilines is 1. The molecule has 0 amide bonds. The summed E-state index contributed by atoms with van der Waals surface area (Å²) in [6.45, 7) is 7.80. The number of ether oxygens (including phenoxy) is 1. The second kappa shape index (κ2) is 8.20. The van der Waals surface area contributed by atoms with Crippen molar-refractivity contribution in [3.8, 4) is 0 Å². The van der Waals surface area contributed by atoms with E-state index in [1.807, 2.05) is 11.5 Å². The quantitative estimate of drug-likeness (QED) is 0.756. The van der Waals surface area contributed by atoms with Crippen LogP contribution in [0.4, 0.5) is 5.69 Å². The van der Waals surface area contributed by atoms with E-state index in [4.69, 9.17) is 16.3 Å². The Balaban J connectivity index is 1.96. The summed E-state index contributed by atoms with van der Waals surface area (Å²) >= 11 is 6.69. The molecule has 0 spiro atoms. The van der Waals surface area contributed by atoms with Crippen LogP contribution in [0.1, 0.15) is 48.7 Å². The maximum atomic E-state index is 13.2. The molecule has 0 bridgehead atoms. The van der Waals surface area contributed by atoms with Crippen LogP contribution < -0.4 is 15.6 Å². The lowest BCUT2D eigenvalue weighted by Gasteiger charge is -2.34. The Morgan fingerprint density at radius 3 is 2.76 bits per heavy atom. The summed E-state index contributed by atoms with van der Waals surface area (Å²) in [5.41, 5.74) is 2.49. The van der Waals surface area contributed by atoms with Gasteiger partial charge in [0, 0.05) is 43.3 Å². The first-order valence-corrected chi connectivity index (χ1v) is 10.7. The zero-order valence-corrected chi connectivity index (χ0v) is 17.6. The third kappa shape index (κ3) is 3.45. The molecule has 29 heavy (non-hydrogen) atoms. The van der Waals surface area contributed by atoms with Gasteiger partial charge in [-0.25, -0.2) is 4.79 Å². The van der Waals surface area contributed by atoms with Crippen LogP contribution in [0.25, 0.3) is 17.0 Å². The van der Waals surface area contributed by atoms with Gasteiger partial charge in [-0.05, 0) is 18.9 Å². The number of benzene rings is 1. The number of nitrogens with zero attached hydrogens (tertiary/aromatic N) is 2. The molecule has 1 saturated heterocycles. The third-order valence-corrected chi connectivity index (χ3v) is 5.92. The third-order valence-electron chi connectivity index (χ3n) is 5.63. The van der Waals surface area contributed by atoms with Crippen LogP contribution >= 0.6 is 11.6 Å². The monoisotopic (exact) mass is 415 g/mol. The first-order valence-electron chi connectivity index (χ1n) is 10.3. The molecule has 1 unspecified atom stereocenters. The Kier molecular flexibility index (Phi) is 5.65. The largest absolute Gasteiger partial charge is 0.462 e. The Hall–Kier alpha value is -2.31.